The van der Waals surface area contributed by atoms with Gasteiger partial charge >= 0.3 is 6.36 Å². The Morgan fingerprint density at radius 2 is 1.74 bits per heavy atom. The van der Waals surface area contributed by atoms with Crippen molar-refractivity contribution in [2.24, 2.45) is 5.10 Å². The summed E-state index contributed by atoms with van der Waals surface area (Å²) in [6.07, 6.45) is -4.28. The molecule has 0 spiro atoms. The summed E-state index contributed by atoms with van der Waals surface area (Å²) in [6.45, 7) is 0.383. The molecule has 2 aromatic carbocycles. The number of halogens is 3. The monoisotopic (exact) mass is 433 g/mol. The van der Waals surface area contributed by atoms with Gasteiger partial charge in [0.15, 0.2) is 0 Å². The van der Waals surface area contributed by atoms with E-state index in [2.05, 4.69) is 9.84 Å². The van der Waals surface area contributed by atoms with Gasteiger partial charge in [0.2, 0.25) is 11.8 Å². The molecule has 0 radical (unpaired) electrons. The summed E-state index contributed by atoms with van der Waals surface area (Å²) in [4.78, 5) is 26.1. The van der Waals surface area contributed by atoms with E-state index in [1.807, 2.05) is 30.3 Å². The van der Waals surface area contributed by atoms with Gasteiger partial charge in [-0.15, -0.1) is 13.2 Å². The van der Waals surface area contributed by atoms with Gasteiger partial charge in [0.05, 0.1) is 12.3 Å². The molecule has 9 heteroatoms. The van der Waals surface area contributed by atoms with Crippen LogP contribution < -0.4 is 4.74 Å². The minimum Gasteiger partial charge on any atom is -0.405 e. The van der Waals surface area contributed by atoms with E-state index >= 15 is 0 Å². The molecule has 0 fully saturated rings. The second-order valence-electron chi connectivity index (χ2n) is 7.08. The van der Waals surface area contributed by atoms with Crippen LogP contribution in [0.2, 0.25) is 0 Å². The molecule has 2 amide bonds. The highest BCUT2D eigenvalue weighted by Gasteiger charge is 2.32. The van der Waals surface area contributed by atoms with Crippen molar-refractivity contribution in [3.63, 3.8) is 0 Å². The number of hydrogen-bond acceptors (Lipinski definition) is 4. The highest BCUT2D eigenvalue weighted by molar-refractivity contribution is 6.02. The number of hydrogen-bond donors (Lipinski definition) is 0. The van der Waals surface area contributed by atoms with E-state index in [9.17, 15) is 22.8 Å². The number of ether oxygens (including phenoxy) is 1. The van der Waals surface area contributed by atoms with E-state index < -0.39 is 6.36 Å². The van der Waals surface area contributed by atoms with Crippen molar-refractivity contribution in [3.05, 3.63) is 65.7 Å². The van der Waals surface area contributed by atoms with E-state index in [1.54, 1.807) is 6.07 Å². The molecule has 2 aromatic rings. The molecule has 0 bridgehead atoms. The van der Waals surface area contributed by atoms with Crippen LogP contribution in [0.25, 0.3) is 0 Å². The number of rotatable bonds is 7. The number of alkyl halides is 3. The quantitative estimate of drug-likeness (QED) is 0.664. The van der Waals surface area contributed by atoms with Crippen LogP contribution in [0.3, 0.4) is 0 Å². The first kappa shape index (κ1) is 22.3. The summed E-state index contributed by atoms with van der Waals surface area (Å²) in [5.41, 5.74) is 1.99. The molecule has 6 nitrogen and oxygen atoms in total. The Morgan fingerprint density at radius 3 is 2.45 bits per heavy atom. The summed E-state index contributed by atoms with van der Waals surface area (Å²) in [5, 5.41) is 5.71. The minimum atomic E-state index is -4.82. The first-order chi connectivity index (χ1) is 14.7. The van der Waals surface area contributed by atoms with Crippen LogP contribution in [0.15, 0.2) is 59.7 Å². The Bertz CT molecular complexity index is 961. The second kappa shape index (κ2) is 9.63. The summed E-state index contributed by atoms with van der Waals surface area (Å²) in [6, 6.07) is 15.2. The fraction of sp³-hybridized carbons (Fsp3) is 0.318. The minimum absolute atomic E-state index is 0.0323. The largest absolute Gasteiger partial charge is 0.573 e. The maximum atomic E-state index is 12.6. The molecule has 0 saturated heterocycles. The van der Waals surface area contributed by atoms with Crippen LogP contribution in [0.5, 0.6) is 5.75 Å². The molecule has 0 saturated carbocycles. The van der Waals surface area contributed by atoms with E-state index in [0.29, 0.717) is 13.0 Å². The predicted molar refractivity (Wildman–Crippen MR) is 108 cm³/mol. The zero-order chi connectivity index (χ0) is 22.4. The molecule has 164 valence electrons. The van der Waals surface area contributed by atoms with E-state index in [1.165, 1.54) is 35.2 Å². The molecule has 1 heterocycles. The van der Waals surface area contributed by atoms with Gasteiger partial charge in [-0.1, -0.05) is 48.5 Å². The van der Waals surface area contributed by atoms with Gasteiger partial charge < -0.3 is 9.64 Å². The van der Waals surface area contributed by atoms with Crippen molar-refractivity contribution in [2.75, 3.05) is 13.6 Å². The number of carbonyl (C=O) groups is 2. The Hall–Kier alpha value is -3.36. The van der Waals surface area contributed by atoms with Gasteiger partial charge in [0.25, 0.3) is 0 Å². The lowest BCUT2D eigenvalue weighted by Gasteiger charge is -2.20. The highest BCUT2D eigenvalue weighted by atomic mass is 19.4. The maximum Gasteiger partial charge on any atom is 0.573 e. The van der Waals surface area contributed by atoms with Crippen LogP contribution in [0.4, 0.5) is 13.2 Å². The molecule has 0 atom stereocenters. The van der Waals surface area contributed by atoms with Crippen LogP contribution >= 0.6 is 0 Å². The molecule has 1 aliphatic rings. The van der Waals surface area contributed by atoms with E-state index in [4.69, 9.17) is 0 Å². The third-order valence-electron chi connectivity index (χ3n) is 4.78. The normalized spacial score (nSPS) is 13.7. The molecular formula is C22H22F3N3O3. The zero-order valence-corrected chi connectivity index (χ0v) is 16.9. The molecule has 0 N–H and O–H groups in total. The summed E-state index contributed by atoms with van der Waals surface area (Å²) in [7, 11) is 1.47. The fourth-order valence-electron chi connectivity index (χ4n) is 3.21. The first-order valence-electron chi connectivity index (χ1n) is 9.74. The lowest BCUT2D eigenvalue weighted by atomic mass is 10.1. The molecule has 0 aromatic heterocycles. The third kappa shape index (κ3) is 6.31. The highest BCUT2D eigenvalue weighted by Crippen LogP contribution is 2.27. The average Bonchev–Trinajstić information content (AvgIpc) is 3.23. The second-order valence-corrected chi connectivity index (χ2v) is 7.08. The Balaban J connectivity index is 1.53. The van der Waals surface area contributed by atoms with Crippen LogP contribution in [0.1, 0.15) is 30.4 Å². The van der Waals surface area contributed by atoms with Gasteiger partial charge in [-0.25, -0.2) is 5.01 Å². The number of benzene rings is 2. The van der Waals surface area contributed by atoms with Crippen LogP contribution in [-0.2, 0) is 16.1 Å². The first-order valence-corrected chi connectivity index (χ1v) is 9.74. The fourth-order valence-corrected chi connectivity index (χ4v) is 3.21. The van der Waals surface area contributed by atoms with Crippen molar-refractivity contribution in [2.45, 2.75) is 32.2 Å². The Labute approximate surface area is 177 Å². The molecule has 1 aliphatic heterocycles. The van der Waals surface area contributed by atoms with Crippen molar-refractivity contribution in [1.82, 2.24) is 9.91 Å². The van der Waals surface area contributed by atoms with Crippen LogP contribution in [0, 0.1) is 0 Å². The number of para-hydroxylation sites is 1. The lowest BCUT2D eigenvalue weighted by Crippen LogP contribution is -2.29. The SMILES string of the molecule is CN(Cc1ccccc1OC(F)(F)F)C(=O)CCC(=O)N1CCC(c2ccccc2)=N1. The van der Waals surface area contributed by atoms with Crippen molar-refractivity contribution in [1.29, 1.82) is 0 Å². The number of nitrogens with zero attached hydrogens (tertiary/aromatic N) is 3. The number of hydrazone groups is 1. The standard InChI is InChI=1S/C22H22F3N3O3/c1-27(15-17-9-5-6-10-19(17)31-22(23,24)25)20(29)11-12-21(30)28-14-13-18(26-28)16-7-3-2-4-8-16/h2-10H,11-15H2,1H3. The van der Waals surface area contributed by atoms with Gasteiger partial charge in [0, 0.05) is 38.4 Å². The Morgan fingerprint density at radius 1 is 1.06 bits per heavy atom. The van der Waals surface area contributed by atoms with Crippen molar-refractivity contribution in [3.8, 4) is 5.75 Å². The molecule has 31 heavy (non-hydrogen) atoms. The number of carbonyl (C=O) groups excluding carboxylic acids is 2. The summed E-state index contributed by atoms with van der Waals surface area (Å²) in [5.74, 6) is -0.985. The molecule has 0 unspecified atom stereocenters. The predicted octanol–water partition coefficient (Wildman–Crippen LogP) is 3.96. The van der Waals surface area contributed by atoms with Gasteiger partial charge in [-0.3, -0.25) is 9.59 Å². The average molecular weight is 433 g/mol. The Kier molecular flexibility index (Phi) is 6.94. The van der Waals surface area contributed by atoms with Crippen molar-refractivity contribution < 1.29 is 27.5 Å². The zero-order valence-electron chi connectivity index (χ0n) is 16.9. The van der Waals surface area contributed by atoms with E-state index in [-0.39, 0.29) is 42.5 Å². The van der Waals surface area contributed by atoms with E-state index in [0.717, 1.165) is 11.3 Å². The topological polar surface area (TPSA) is 62.2 Å². The summed E-state index contributed by atoms with van der Waals surface area (Å²) >= 11 is 0. The molecular weight excluding hydrogens is 411 g/mol. The third-order valence-corrected chi connectivity index (χ3v) is 4.78. The van der Waals surface area contributed by atoms with Gasteiger partial charge in [0.1, 0.15) is 5.75 Å². The van der Waals surface area contributed by atoms with Gasteiger partial charge in [-0.2, -0.15) is 5.10 Å². The molecule has 3 rings (SSSR count). The smallest absolute Gasteiger partial charge is 0.405 e. The molecule has 0 aliphatic carbocycles. The van der Waals surface area contributed by atoms with Crippen LogP contribution in [-0.4, -0.2) is 47.4 Å². The maximum absolute atomic E-state index is 12.6. The van der Waals surface area contributed by atoms with Crippen molar-refractivity contribution >= 4 is 17.5 Å². The number of amides is 2. The van der Waals surface area contributed by atoms with Gasteiger partial charge in [-0.05, 0) is 11.6 Å². The summed E-state index contributed by atoms with van der Waals surface area (Å²) < 4.78 is 41.7. The lowest BCUT2D eigenvalue weighted by molar-refractivity contribution is -0.275.